The van der Waals surface area contributed by atoms with E-state index in [1.165, 1.54) is 0 Å². The molecule has 1 aromatic heterocycles. The topological polar surface area (TPSA) is 138 Å². The minimum Gasteiger partial charge on any atom is -0.457 e. The molecular formula is C23H26ClF3N3O8S+. The maximum atomic E-state index is 12.8. The molecule has 0 aliphatic carbocycles. The average molecular weight is 597 g/mol. The molecule has 0 atom stereocenters. The first-order valence-electron chi connectivity index (χ1n) is 10.9. The summed E-state index contributed by atoms with van der Waals surface area (Å²) in [6.45, 7) is -0.304. The first-order valence-corrected chi connectivity index (χ1v) is 13.1. The number of alkyl halides is 3. The first kappa shape index (κ1) is 31.8. The zero-order valence-corrected chi connectivity index (χ0v) is 22.8. The van der Waals surface area contributed by atoms with Crippen LogP contribution in [0.15, 0.2) is 51.7 Å². The molecule has 1 heterocycles. The number of rotatable bonds is 8. The molecule has 0 saturated carbocycles. The quantitative estimate of drug-likeness (QED) is 0.180. The van der Waals surface area contributed by atoms with E-state index in [0.717, 1.165) is 28.9 Å². The Kier molecular flexibility index (Phi) is 10.3. The summed E-state index contributed by atoms with van der Waals surface area (Å²) in [7, 11) is 1.86. The fraction of sp³-hybridized carbons (Fsp3) is 0.348. The van der Waals surface area contributed by atoms with Crippen LogP contribution >= 0.6 is 11.6 Å². The molecule has 0 aliphatic heterocycles. The van der Waals surface area contributed by atoms with Crippen LogP contribution in [0.2, 0.25) is 5.02 Å². The molecule has 0 fully saturated rings. The highest BCUT2D eigenvalue weighted by molar-refractivity contribution is 7.85. The Bertz CT molecular complexity index is 1440. The van der Waals surface area contributed by atoms with Gasteiger partial charge in [0.25, 0.3) is 10.1 Å². The molecule has 0 radical (unpaired) electrons. The van der Waals surface area contributed by atoms with Crippen molar-refractivity contribution in [1.29, 1.82) is 0 Å². The smallest absolute Gasteiger partial charge is 0.437 e. The molecule has 3 aromatic rings. The number of hydrogen-bond donors (Lipinski definition) is 1. The van der Waals surface area contributed by atoms with Crippen molar-refractivity contribution in [2.24, 2.45) is 0 Å². The van der Waals surface area contributed by atoms with Gasteiger partial charge < -0.3 is 18.4 Å². The van der Waals surface area contributed by atoms with E-state index in [1.807, 2.05) is 21.1 Å². The fourth-order valence-corrected chi connectivity index (χ4v) is 3.08. The average Bonchev–Trinajstić information content (AvgIpc) is 3.12. The Hall–Kier alpha value is -3.40. The van der Waals surface area contributed by atoms with Crippen LogP contribution in [0.5, 0.6) is 5.75 Å². The number of likely N-dealkylation sites (N-methyl/N-ethyl adjacent to an activating group) is 1. The van der Waals surface area contributed by atoms with Crippen LogP contribution in [0, 0.1) is 0 Å². The maximum Gasteiger partial charge on any atom is 0.437 e. The zero-order valence-electron chi connectivity index (χ0n) is 21.2. The van der Waals surface area contributed by atoms with E-state index >= 15 is 0 Å². The molecule has 39 heavy (non-hydrogen) atoms. The lowest BCUT2D eigenvalue weighted by Gasteiger charge is -2.22. The number of hydrogen-bond acceptors (Lipinski definition) is 8. The van der Waals surface area contributed by atoms with E-state index in [4.69, 9.17) is 30.0 Å². The standard InChI is InChI=1S/C22H22ClF3N3O5.CH4O3S/c1-29(2,3)12-19(30)33-13-32-18-9-8-17(23)10-15(18)11-28-21(31)34-20(27-28)14-4-6-16(7-5-14)22(24,25)26;1-5(2,3)4/h4-10H,11-13H2,1-3H3;1H3,(H,2,3,4)/q+1;. The summed E-state index contributed by atoms with van der Waals surface area (Å²) in [4.78, 5) is 24.2. The van der Waals surface area contributed by atoms with E-state index in [1.54, 1.807) is 18.2 Å². The van der Waals surface area contributed by atoms with Gasteiger partial charge in [-0.1, -0.05) is 11.6 Å². The van der Waals surface area contributed by atoms with Crippen LogP contribution in [-0.4, -0.2) is 73.9 Å². The van der Waals surface area contributed by atoms with Crippen molar-refractivity contribution in [1.82, 2.24) is 9.78 Å². The van der Waals surface area contributed by atoms with Gasteiger partial charge >= 0.3 is 17.9 Å². The Balaban J connectivity index is 0.000000976. The van der Waals surface area contributed by atoms with Gasteiger partial charge in [-0.3, -0.25) is 4.55 Å². The van der Waals surface area contributed by atoms with Gasteiger partial charge in [-0.15, -0.1) is 5.10 Å². The lowest BCUT2D eigenvalue weighted by molar-refractivity contribution is -0.862. The first-order chi connectivity index (χ1) is 17.8. The number of aromatic nitrogens is 2. The van der Waals surface area contributed by atoms with Gasteiger partial charge in [0.15, 0.2) is 6.54 Å². The van der Waals surface area contributed by atoms with Crippen LogP contribution in [0.4, 0.5) is 13.2 Å². The minimum absolute atomic E-state index is 0.105. The Morgan fingerprint density at radius 2 is 1.74 bits per heavy atom. The van der Waals surface area contributed by atoms with Crippen molar-refractivity contribution < 1.29 is 49.3 Å². The summed E-state index contributed by atoms with van der Waals surface area (Å²) in [5.74, 6) is -1.11. The van der Waals surface area contributed by atoms with E-state index in [9.17, 15) is 31.2 Å². The second kappa shape index (κ2) is 12.6. The molecule has 0 aliphatic rings. The largest absolute Gasteiger partial charge is 0.457 e. The molecular weight excluding hydrogens is 571 g/mol. The molecule has 1 N–H and O–H groups in total. The normalized spacial score (nSPS) is 11.9. The van der Waals surface area contributed by atoms with Crippen molar-refractivity contribution in [3.05, 3.63) is 69.2 Å². The number of esters is 1. The third kappa shape index (κ3) is 11.5. The third-order valence-corrected chi connectivity index (χ3v) is 4.68. The van der Waals surface area contributed by atoms with Gasteiger partial charge in [0.05, 0.1) is 39.5 Å². The summed E-state index contributed by atoms with van der Waals surface area (Å²) >= 11 is 6.07. The predicted molar refractivity (Wildman–Crippen MR) is 134 cm³/mol. The molecule has 0 saturated heterocycles. The Labute approximate surface area is 226 Å². The lowest BCUT2D eigenvalue weighted by atomic mass is 10.1. The SMILES string of the molecule is CS(=O)(=O)O.C[N+](C)(C)CC(=O)OCOc1ccc(Cl)cc1Cn1nc(-c2ccc(C(F)(F)F)cc2)oc1=O. The van der Waals surface area contributed by atoms with Crippen molar-refractivity contribution in [3.8, 4) is 17.2 Å². The fourth-order valence-electron chi connectivity index (χ4n) is 2.89. The van der Waals surface area contributed by atoms with Crippen LogP contribution < -0.4 is 10.5 Å². The number of quaternary nitrogens is 1. The zero-order chi connectivity index (χ0) is 29.6. The molecule has 11 nitrogen and oxygen atoms in total. The number of carbonyl (C=O) groups excluding carboxylic acids is 1. The Morgan fingerprint density at radius 3 is 2.28 bits per heavy atom. The van der Waals surface area contributed by atoms with Crippen molar-refractivity contribution in [2.45, 2.75) is 12.7 Å². The molecule has 214 valence electrons. The summed E-state index contributed by atoms with van der Waals surface area (Å²) in [6, 6.07) is 8.73. The molecule has 0 amide bonds. The molecule has 0 unspecified atom stereocenters. The van der Waals surface area contributed by atoms with E-state index in [2.05, 4.69) is 5.10 Å². The number of benzene rings is 2. The molecule has 16 heteroatoms. The highest BCUT2D eigenvalue weighted by Crippen LogP contribution is 2.30. The van der Waals surface area contributed by atoms with Crippen LogP contribution in [0.25, 0.3) is 11.5 Å². The lowest BCUT2D eigenvalue weighted by Crippen LogP contribution is -2.40. The monoisotopic (exact) mass is 596 g/mol. The van der Waals surface area contributed by atoms with E-state index in [-0.39, 0.29) is 31.3 Å². The number of ether oxygens (including phenoxy) is 2. The molecule has 3 rings (SSSR count). The predicted octanol–water partition coefficient (Wildman–Crippen LogP) is 3.31. The van der Waals surface area contributed by atoms with E-state index in [0.29, 0.717) is 27.1 Å². The van der Waals surface area contributed by atoms with Crippen molar-refractivity contribution in [3.63, 3.8) is 0 Å². The third-order valence-electron chi connectivity index (χ3n) is 4.45. The summed E-state index contributed by atoms with van der Waals surface area (Å²) in [5.41, 5.74) is -0.180. The minimum atomic E-state index is -4.48. The molecule has 0 bridgehead atoms. The van der Waals surface area contributed by atoms with Crippen molar-refractivity contribution >= 4 is 27.7 Å². The van der Waals surface area contributed by atoms with Gasteiger partial charge in [-0.05, 0) is 42.5 Å². The van der Waals surface area contributed by atoms with Crippen LogP contribution in [-0.2, 0) is 32.4 Å². The van der Waals surface area contributed by atoms with Crippen LogP contribution in [0.1, 0.15) is 11.1 Å². The van der Waals surface area contributed by atoms with Gasteiger partial charge in [-0.25, -0.2) is 9.59 Å². The van der Waals surface area contributed by atoms with Crippen LogP contribution in [0.3, 0.4) is 0 Å². The van der Waals surface area contributed by atoms with Gasteiger partial charge in [0.2, 0.25) is 12.7 Å². The van der Waals surface area contributed by atoms with Crippen molar-refractivity contribution in [2.75, 3.05) is 40.7 Å². The number of nitrogens with zero attached hydrogens (tertiary/aromatic N) is 3. The highest BCUT2D eigenvalue weighted by atomic mass is 35.5. The maximum absolute atomic E-state index is 12.8. The van der Waals surface area contributed by atoms with E-state index < -0.39 is 33.6 Å². The number of halogens is 4. The summed E-state index contributed by atoms with van der Waals surface area (Å²) in [5, 5.41) is 4.42. The van der Waals surface area contributed by atoms with Gasteiger partial charge in [0, 0.05) is 16.1 Å². The van der Waals surface area contributed by atoms with Gasteiger partial charge in [-0.2, -0.15) is 26.3 Å². The molecule has 2 aromatic carbocycles. The summed E-state index contributed by atoms with van der Waals surface area (Å²) in [6.07, 6.45) is -3.77. The second-order valence-corrected chi connectivity index (χ2v) is 11.0. The number of carbonyl (C=O) groups is 1. The highest BCUT2D eigenvalue weighted by Gasteiger charge is 2.30. The van der Waals surface area contributed by atoms with Gasteiger partial charge in [0.1, 0.15) is 5.75 Å². The molecule has 0 spiro atoms. The second-order valence-electron chi connectivity index (χ2n) is 9.12. The Morgan fingerprint density at radius 1 is 1.15 bits per heavy atom. The summed E-state index contributed by atoms with van der Waals surface area (Å²) < 4.78 is 81.2.